The molecular weight excluding hydrogens is 282 g/mol. The minimum absolute atomic E-state index is 0.0541. The number of hydrogen-bond acceptors (Lipinski definition) is 3. The van der Waals surface area contributed by atoms with Gasteiger partial charge in [0.25, 0.3) is 5.91 Å². The quantitative estimate of drug-likeness (QED) is 0.887. The van der Waals surface area contributed by atoms with Crippen molar-refractivity contribution in [1.29, 1.82) is 0 Å². The highest BCUT2D eigenvalue weighted by molar-refractivity contribution is 7.97. The molecule has 21 heavy (non-hydrogen) atoms. The summed E-state index contributed by atoms with van der Waals surface area (Å²) < 4.78 is 5.11. The van der Waals surface area contributed by atoms with E-state index in [2.05, 4.69) is 11.6 Å². The minimum Gasteiger partial charge on any atom is -0.497 e. The van der Waals surface area contributed by atoms with Crippen LogP contribution < -0.4 is 10.1 Å². The van der Waals surface area contributed by atoms with E-state index in [9.17, 15) is 4.79 Å². The predicted octanol–water partition coefficient (Wildman–Crippen LogP) is 3.49. The summed E-state index contributed by atoms with van der Waals surface area (Å²) >= 11 is 1.77. The largest absolute Gasteiger partial charge is 0.497 e. The molecule has 2 aromatic rings. The Kier molecular flexibility index (Phi) is 5.69. The second-order valence-corrected chi connectivity index (χ2v) is 5.53. The fraction of sp³-hybridized carbons (Fsp3) is 0.235. The number of carbonyl (C=O) groups is 1. The number of nitrogens with one attached hydrogen (secondary N) is 1. The van der Waals surface area contributed by atoms with Gasteiger partial charge in [0, 0.05) is 17.9 Å². The van der Waals surface area contributed by atoms with Crippen molar-refractivity contribution in [2.45, 2.75) is 12.3 Å². The van der Waals surface area contributed by atoms with Crippen LogP contribution in [0.25, 0.3) is 0 Å². The second-order valence-electron chi connectivity index (χ2n) is 4.66. The van der Waals surface area contributed by atoms with Crippen molar-refractivity contribution in [2.75, 3.05) is 13.4 Å². The van der Waals surface area contributed by atoms with E-state index in [0.29, 0.717) is 12.1 Å². The van der Waals surface area contributed by atoms with Crippen molar-refractivity contribution in [3.63, 3.8) is 0 Å². The number of amides is 1. The van der Waals surface area contributed by atoms with Gasteiger partial charge in [0.05, 0.1) is 7.11 Å². The fourth-order valence-electron chi connectivity index (χ4n) is 1.95. The monoisotopic (exact) mass is 301 g/mol. The van der Waals surface area contributed by atoms with Crippen molar-refractivity contribution < 1.29 is 9.53 Å². The van der Waals surface area contributed by atoms with Crippen molar-refractivity contribution >= 4 is 17.7 Å². The average Bonchev–Trinajstić information content (AvgIpc) is 2.54. The molecule has 0 fully saturated rings. The Balaban J connectivity index is 1.91. The SMILES string of the molecule is COc1ccc(CNC(=O)c2ccc(CSC)cc2)cc1. The molecule has 0 aliphatic carbocycles. The van der Waals surface area contributed by atoms with E-state index in [1.807, 2.05) is 48.5 Å². The van der Waals surface area contributed by atoms with Crippen LogP contribution in [0.2, 0.25) is 0 Å². The lowest BCUT2D eigenvalue weighted by Crippen LogP contribution is -2.22. The Morgan fingerprint density at radius 2 is 1.67 bits per heavy atom. The second kappa shape index (κ2) is 7.74. The molecule has 2 rings (SSSR count). The molecule has 0 unspecified atom stereocenters. The Morgan fingerprint density at radius 3 is 2.24 bits per heavy atom. The molecule has 0 spiro atoms. The lowest BCUT2D eigenvalue weighted by atomic mass is 10.1. The zero-order valence-electron chi connectivity index (χ0n) is 12.3. The van der Waals surface area contributed by atoms with Crippen LogP contribution in [0, 0.1) is 0 Å². The summed E-state index contributed by atoms with van der Waals surface area (Å²) in [6.07, 6.45) is 2.06. The van der Waals surface area contributed by atoms with Gasteiger partial charge in [-0.1, -0.05) is 24.3 Å². The average molecular weight is 301 g/mol. The number of rotatable bonds is 6. The smallest absolute Gasteiger partial charge is 0.251 e. The van der Waals surface area contributed by atoms with Gasteiger partial charge in [-0.25, -0.2) is 0 Å². The van der Waals surface area contributed by atoms with E-state index >= 15 is 0 Å². The van der Waals surface area contributed by atoms with Gasteiger partial charge < -0.3 is 10.1 Å². The molecule has 1 N–H and O–H groups in total. The summed E-state index contributed by atoms with van der Waals surface area (Å²) in [5.74, 6) is 1.73. The Labute approximate surface area is 129 Å². The maximum absolute atomic E-state index is 12.1. The van der Waals surface area contributed by atoms with Crippen LogP contribution in [0.4, 0.5) is 0 Å². The van der Waals surface area contributed by atoms with Gasteiger partial charge >= 0.3 is 0 Å². The number of methoxy groups -OCH3 is 1. The van der Waals surface area contributed by atoms with E-state index < -0.39 is 0 Å². The molecule has 3 nitrogen and oxygen atoms in total. The molecule has 0 saturated carbocycles. The van der Waals surface area contributed by atoms with Crippen LogP contribution in [0.15, 0.2) is 48.5 Å². The van der Waals surface area contributed by atoms with Crippen LogP contribution in [0.1, 0.15) is 21.5 Å². The Hall–Kier alpha value is -1.94. The molecule has 0 aliphatic rings. The van der Waals surface area contributed by atoms with Crippen LogP contribution in [0.3, 0.4) is 0 Å². The first-order chi connectivity index (χ1) is 10.2. The number of thioether (sulfide) groups is 1. The highest BCUT2D eigenvalue weighted by Gasteiger charge is 2.05. The molecule has 110 valence electrons. The topological polar surface area (TPSA) is 38.3 Å². The maximum Gasteiger partial charge on any atom is 0.251 e. The first-order valence-corrected chi connectivity index (χ1v) is 8.11. The molecular formula is C17H19NO2S. The number of ether oxygens (including phenoxy) is 1. The molecule has 2 aromatic carbocycles. The first-order valence-electron chi connectivity index (χ1n) is 6.72. The number of hydrogen-bond donors (Lipinski definition) is 1. The van der Waals surface area contributed by atoms with Crippen LogP contribution in [-0.4, -0.2) is 19.3 Å². The summed E-state index contributed by atoms with van der Waals surface area (Å²) in [7, 11) is 1.64. The van der Waals surface area contributed by atoms with Gasteiger partial charge in [0.2, 0.25) is 0 Å². The summed E-state index contributed by atoms with van der Waals surface area (Å²) in [6.45, 7) is 0.509. The summed E-state index contributed by atoms with van der Waals surface area (Å²) in [5.41, 5.74) is 2.96. The van der Waals surface area contributed by atoms with Crippen LogP contribution in [-0.2, 0) is 12.3 Å². The highest BCUT2D eigenvalue weighted by Crippen LogP contribution is 2.12. The molecule has 0 saturated heterocycles. The summed E-state index contributed by atoms with van der Waals surface area (Å²) in [6, 6.07) is 15.4. The molecule has 0 radical (unpaired) electrons. The van der Waals surface area contributed by atoms with E-state index in [-0.39, 0.29) is 5.91 Å². The van der Waals surface area contributed by atoms with Gasteiger partial charge in [-0.3, -0.25) is 4.79 Å². The van der Waals surface area contributed by atoms with Gasteiger partial charge in [-0.2, -0.15) is 11.8 Å². The lowest BCUT2D eigenvalue weighted by molar-refractivity contribution is 0.0951. The Bertz CT molecular complexity index is 579. The zero-order valence-corrected chi connectivity index (χ0v) is 13.1. The number of carbonyl (C=O) groups excluding carboxylic acids is 1. The standard InChI is InChI=1S/C17H19NO2S/c1-20-16-9-5-13(6-10-16)11-18-17(19)15-7-3-14(4-8-15)12-21-2/h3-10H,11-12H2,1-2H3,(H,18,19). The van der Waals surface area contributed by atoms with Gasteiger partial charge in [0.1, 0.15) is 5.75 Å². The minimum atomic E-state index is -0.0541. The maximum atomic E-state index is 12.1. The normalized spacial score (nSPS) is 10.2. The third kappa shape index (κ3) is 4.53. The van der Waals surface area contributed by atoms with Crippen molar-refractivity contribution in [2.24, 2.45) is 0 Å². The highest BCUT2D eigenvalue weighted by atomic mass is 32.2. The molecule has 0 bridgehead atoms. The van der Waals surface area contributed by atoms with E-state index in [0.717, 1.165) is 17.1 Å². The lowest BCUT2D eigenvalue weighted by Gasteiger charge is -2.07. The molecule has 0 atom stereocenters. The fourth-order valence-corrected chi connectivity index (χ4v) is 2.47. The van der Waals surface area contributed by atoms with Gasteiger partial charge in [-0.15, -0.1) is 0 Å². The van der Waals surface area contributed by atoms with E-state index in [1.165, 1.54) is 5.56 Å². The molecule has 1 amide bonds. The van der Waals surface area contributed by atoms with E-state index in [1.54, 1.807) is 18.9 Å². The summed E-state index contributed by atoms with van der Waals surface area (Å²) in [4.78, 5) is 12.1. The van der Waals surface area contributed by atoms with Gasteiger partial charge in [0.15, 0.2) is 0 Å². The summed E-state index contributed by atoms with van der Waals surface area (Å²) in [5, 5.41) is 2.92. The Morgan fingerprint density at radius 1 is 1.05 bits per heavy atom. The third-order valence-electron chi connectivity index (χ3n) is 3.14. The third-order valence-corrected chi connectivity index (χ3v) is 3.76. The van der Waals surface area contributed by atoms with Crippen LogP contribution in [0.5, 0.6) is 5.75 Å². The van der Waals surface area contributed by atoms with Crippen molar-refractivity contribution in [1.82, 2.24) is 5.32 Å². The van der Waals surface area contributed by atoms with Crippen molar-refractivity contribution in [3.8, 4) is 5.75 Å². The zero-order chi connectivity index (χ0) is 15.1. The number of benzene rings is 2. The molecule has 0 aromatic heterocycles. The predicted molar refractivity (Wildman–Crippen MR) is 87.8 cm³/mol. The van der Waals surface area contributed by atoms with Crippen molar-refractivity contribution in [3.05, 3.63) is 65.2 Å². The first kappa shape index (κ1) is 15.4. The molecule has 0 heterocycles. The van der Waals surface area contributed by atoms with E-state index in [4.69, 9.17) is 4.74 Å². The van der Waals surface area contributed by atoms with Crippen LogP contribution >= 0.6 is 11.8 Å². The molecule has 0 aliphatic heterocycles. The van der Waals surface area contributed by atoms with Gasteiger partial charge in [-0.05, 0) is 41.6 Å². The molecule has 4 heteroatoms.